The zero-order chi connectivity index (χ0) is 22.5. The molecule has 0 radical (unpaired) electrons. The van der Waals surface area contributed by atoms with Crippen molar-refractivity contribution < 1.29 is 9.53 Å². The molecule has 0 aromatic rings. The Hall–Kier alpha value is -0.530. The Morgan fingerprint density at radius 2 is 0.967 bits per heavy atom. The largest absolute Gasteiger partial charge is 0.465 e. The molecule has 0 N–H and O–H groups in total. The highest BCUT2D eigenvalue weighted by Gasteiger charge is 2.37. The van der Waals surface area contributed by atoms with Crippen LogP contribution in [0.5, 0.6) is 0 Å². The van der Waals surface area contributed by atoms with E-state index in [9.17, 15) is 4.79 Å². The van der Waals surface area contributed by atoms with Crippen LogP contribution < -0.4 is 0 Å². The summed E-state index contributed by atoms with van der Waals surface area (Å²) in [6.45, 7) is 11.6. The van der Waals surface area contributed by atoms with Gasteiger partial charge in [-0.1, -0.05) is 124 Å². The van der Waals surface area contributed by atoms with Crippen LogP contribution in [0.4, 0.5) is 0 Å². The van der Waals surface area contributed by atoms with Crippen LogP contribution >= 0.6 is 0 Å². The van der Waals surface area contributed by atoms with Gasteiger partial charge in [0.2, 0.25) is 0 Å². The minimum atomic E-state index is -0.349. The Morgan fingerprint density at radius 1 is 0.600 bits per heavy atom. The molecule has 0 aromatic heterocycles. The smallest absolute Gasteiger partial charge is 0.311 e. The van der Waals surface area contributed by atoms with E-state index >= 15 is 0 Å². The Bertz CT molecular complexity index is 375. The summed E-state index contributed by atoms with van der Waals surface area (Å²) in [5.74, 6) is 0.497. The maximum absolute atomic E-state index is 12.9. The van der Waals surface area contributed by atoms with Crippen LogP contribution in [0.25, 0.3) is 0 Å². The zero-order valence-electron chi connectivity index (χ0n) is 21.5. The molecule has 1 atom stereocenters. The molecule has 0 aliphatic carbocycles. The molecular formula is C28H56O2. The van der Waals surface area contributed by atoms with E-state index < -0.39 is 0 Å². The third-order valence-corrected chi connectivity index (χ3v) is 6.84. The van der Waals surface area contributed by atoms with Crippen molar-refractivity contribution in [1.82, 2.24) is 0 Å². The molecule has 0 spiro atoms. The number of ether oxygens (including phenoxy) is 1. The third-order valence-electron chi connectivity index (χ3n) is 6.84. The summed E-state index contributed by atoms with van der Waals surface area (Å²) >= 11 is 0. The van der Waals surface area contributed by atoms with Crippen LogP contribution in [0, 0.1) is 11.3 Å². The van der Waals surface area contributed by atoms with Crippen molar-refractivity contribution in [1.29, 1.82) is 0 Å². The van der Waals surface area contributed by atoms with Crippen molar-refractivity contribution in [3.05, 3.63) is 0 Å². The molecule has 0 aliphatic heterocycles. The van der Waals surface area contributed by atoms with Gasteiger partial charge in [-0.2, -0.15) is 0 Å². The van der Waals surface area contributed by atoms with Gasteiger partial charge in [-0.25, -0.2) is 0 Å². The van der Waals surface area contributed by atoms with E-state index in [4.69, 9.17) is 4.74 Å². The Kier molecular flexibility index (Phi) is 20.0. The first-order valence-corrected chi connectivity index (χ1v) is 13.7. The molecule has 0 rings (SSSR count). The lowest BCUT2D eigenvalue weighted by molar-refractivity contribution is -0.157. The predicted molar refractivity (Wildman–Crippen MR) is 133 cm³/mol. The van der Waals surface area contributed by atoms with E-state index in [0.717, 1.165) is 6.42 Å². The van der Waals surface area contributed by atoms with Gasteiger partial charge in [0.05, 0.1) is 12.0 Å². The molecule has 2 heteroatoms. The summed E-state index contributed by atoms with van der Waals surface area (Å²) < 4.78 is 5.75. The molecule has 0 amide bonds. The Balaban J connectivity index is 4.10. The number of hydrogen-bond acceptors (Lipinski definition) is 2. The van der Waals surface area contributed by atoms with Crippen LogP contribution in [0.3, 0.4) is 0 Å². The van der Waals surface area contributed by atoms with E-state index in [-0.39, 0.29) is 11.4 Å². The highest BCUT2D eigenvalue weighted by atomic mass is 16.5. The minimum absolute atomic E-state index is 0.0374. The van der Waals surface area contributed by atoms with Crippen LogP contribution in [-0.4, -0.2) is 12.6 Å². The molecular weight excluding hydrogens is 368 g/mol. The van der Waals surface area contributed by atoms with Crippen molar-refractivity contribution in [2.75, 3.05) is 6.61 Å². The SMILES string of the molecule is CCCCCCCCCCCCOC(=O)C(C)(C)C(CCCCC)CCCCCC. The first kappa shape index (κ1) is 29.5. The molecule has 0 saturated carbocycles. The summed E-state index contributed by atoms with van der Waals surface area (Å²) in [7, 11) is 0. The van der Waals surface area contributed by atoms with Crippen molar-refractivity contribution >= 4 is 5.97 Å². The van der Waals surface area contributed by atoms with Crippen LogP contribution in [0.15, 0.2) is 0 Å². The van der Waals surface area contributed by atoms with E-state index in [1.807, 2.05) is 0 Å². The second-order valence-electron chi connectivity index (χ2n) is 10.1. The quantitative estimate of drug-likeness (QED) is 0.128. The molecule has 0 fully saturated rings. The number of rotatable bonds is 22. The summed E-state index contributed by atoms with van der Waals surface area (Å²) in [5.41, 5.74) is -0.349. The normalized spacial score (nSPS) is 12.8. The van der Waals surface area contributed by atoms with Crippen LogP contribution in [0.1, 0.15) is 157 Å². The van der Waals surface area contributed by atoms with Gasteiger partial charge in [-0.15, -0.1) is 0 Å². The van der Waals surface area contributed by atoms with Crippen molar-refractivity contribution in [2.24, 2.45) is 11.3 Å². The van der Waals surface area contributed by atoms with Gasteiger partial charge in [0.15, 0.2) is 0 Å². The highest BCUT2D eigenvalue weighted by Crippen LogP contribution is 2.36. The maximum atomic E-state index is 12.9. The fraction of sp³-hybridized carbons (Fsp3) is 0.964. The molecule has 0 heterocycles. The van der Waals surface area contributed by atoms with Gasteiger partial charge in [-0.3, -0.25) is 4.79 Å². The standard InChI is InChI=1S/C28H56O2/c1-6-9-12-14-15-16-17-18-19-22-25-30-27(29)28(4,5)26(23-20-11-8-3)24-21-13-10-7-2/h26H,6-25H2,1-5H3. The molecule has 1 unspecified atom stereocenters. The predicted octanol–water partition coefficient (Wildman–Crippen LogP) is 9.64. The van der Waals surface area contributed by atoms with E-state index in [1.54, 1.807) is 0 Å². The van der Waals surface area contributed by atoms with Crippen LogP contribution in [0.2, 0.25) is 0 Å². The molecule has 0 aliphatic rings. The molecule has 2 nitrogen and oxygen atoms in total. The fourth-order valence-electron chi connectivity index (χ4n) is 4.43. The lowest BCUT2D eigenvalue weighted by Gasteiger charge is -2.32. The first-order chi connectivity index (χ1) is 14.5. The summed E-state index contributed by atoms with van der Waals surface area (Å²) in [6, 6.07) is 0. The number of hydrogen-bond donors (Lipinski definition) is 0. The monoisotopic (exact) mass is 424 g/mol. The zero-order valence-corrected chi connectivity index (χ0v) is 21.5. The van der Waals surface area contributed by atoms with Gasteiger partial charge < -0.3 is 4.74 Å². The van der Waals surface area contributed by atoms with Gasteiger partial charge in [0.25, 0.3) is 0 Å². The summed E-state index contributed by atoms with van der Waals surface area (Å²) in [4.78, 5) is 12.9. The average Bonchev–Trinajstić information content (AvgIpc) is 2.73. The number of esters is 1. The van der Waals surface area contributed by atoms with Gasteiger partial charge in [0, 0.05) is 0 Å². The minimum Gasteiger partial charge on any atom is -0.465 e. The fourth-order valence-corrected chi connectivity index (χ4v) is 4.43. The van der Waals surface area contributed by atoms with Gasteiger partial charge >= 0.3 is 5.97 Å². The maximum Gasteiger partial charge on any atom is 0.311 e. The van der Waals surface area contributed by atoms with Gasteiger partial charge in [0.1, 0.15) is 0 Å². The molecule has 180 valence electrons. The number of carbonyl (C=O) groups is 1. The number of unbranched alkanes of at least 4 members (excludes halogenated alkanes) is 14. The van der Waals surface area contributed by atoms with E-state index in [1.165, 1.54) is 116 Å². The molecule has 0 aromatic carbocycles. The lowest BCUT2D eigenvalue weighted by atomic mass is 9.73. The topological polar surface area (TPSA) is 26.3 Å². The molecule has 30 heavy (non-hydrogen) atoms. The molecule has 0 bridgehead atoms. The van der Waals surface area contributed by atoms with E-state index in [2.05, 4.69) is 34.6 Å². The second kappa shape index (κ2) is 20.4. The molecule has 0 saturated heterocycles. The summed E-state index contributed by atoms with van der Waals surface area (Å²) in [6.07, 6.45) is 24.3. The van der Waals surface area contributed by atoms with Crippen molar-refractivity contribution in [2.45, 2.75) is 157 Å². The lowest BCUT2D eigenvalue weighted by Crippen LogP contribution is -2.35. The highest BCUT2D eigenvalue weighted by molar-refractivity contribution is 5.76. The number of carbonyl (C=O) groups excluding carboxylic acids is 1. The third kappa shape index (κ3) is 15.3. The van der Waals surface area contributed by atoms with E-state index in [0.29, 0.717) is 12.5 Å². The Morgan fingerprint density at radius 3 is 1.47 bits per heavy atom. The van der Waals surface area contributed by atoms with Crippen LogP contribution in [-0.2, 0) is 9.53 Å². The average molecular weight is 425 g/mol. The van der Waals surface area contributed by atoms with Gasteiger partial charge in [-0.05, 0) is 39.0 Å². The second-order valence-corrected chi connectivity index (χ2v) is 10.1. The van der Waals surface area contributed by atoms with Crippen molar-refractivity contribution in [3.63, 3.8) is 0 Å². The Labute approximate surface area is 190 Å². The first-order valence-electron chi connectivity index (χ1n) is 13.7. The summed E-state index contributed by atoms with van der Waals surface area (Å²) in [5, 5.41) is 0. The van der Waals surface area contributed by atoms with Crippen molar-refractivity contribution in [3.8, 4) is 0 Å².